The molecular weight excluding hydrogens is 617 g/mol. The fourth-order valence-electron chi connectivity index (χ4n) is 4.80. The Morgan fingerprint density at radius 2 is 1.48 bits per heavy atom. The molecule has 0 fully saturated rings. The number of halogens is 2. The highest BCUT2D eigenvalue weighted by molar-refractivity contribution is 7.92. The zero-order chi connectivity index (χ0) is 31.9. The van der Waals surface area contributed by atoms with Crippen LogP contribution in [0.25, 0.3) is 0 Å². The fraction of sp³-hybridized carbons (Fsp3) is 0.235. The van der Waals surface area contributed by atoms with E-state index in [-0.39, 0.29) is 35.5 Å². The van der Waals surface area contributed by atoms with Crippen LogP contribution in [0.1, 0.15) is 30.5 Å². The van der Waals surface area contributed by atoms with Crippen LogP contribution in [0.4, 0.5) is 5.69 Å². The summed E-state index contributed by atoms with van der Waals surface area (Å²) in [5.74, 6) is -0.883. The first-order chi connectivity index (χ1) is 21.0. The molecule has 0 aliphatic heterocycles. The minimum atomic E-state index is -4.25. The minimum absolute atomic E-state index is 0.0430. The smallest absolute Gasteiger partial charge is 0.264 e. The van der Waals surface area contributed by atoms with Gasteiger partial charge in [0.2, 0.25) is 11.8 Å². The second-order valence-electron chi connectivity index (χ2n) is 10.8. The van der Waals surface area contributed by atoms with Crippen molar-refractivity contribution in [2.75, 3.05) is 10.8 Å². The topological polar surface area (TPSA) is 86.8 Å². The lowest BCUT2D eigenvalue weighted by Crippen LogP contribution is -2.54. The van der Waals surface area contributed by atoms with Gasteiger partial charge in [-0.25, -0.2) is 8.42 Å². The summed E-state index contributed by atoms with van der Waals surface area (Å²) in [7, 11) is -4.25. The highest BCUT2D eigenvalue weighted by Crippen LogP contribution is 2.28. The van der Waals surface area contributed by atoms with Crippen molar-refractivity contribution >= 4 is 50.7 Å². The molecule has 4 rings (SSSR count). The Kier molecular flexibility index (Phi) is 11.1. The Balaban J connectivity index is 1.82. The van der Waals surface area contributed by atoms with E-state index in [1.807, 2.05) is 75.4 Å². The molecule has 0 aromatic heterocycles. The first kappa shape index (κ1) is 33.1. The van der Waals surface area contributed by atoms with Crippen LogP contribution >= 0.6 is 23.2 Å². The molecule has 10 heteroatoms. The standard InChI is InChI=1S/C34H35Cl2N3O4S/c1-24(2)37-34(41)32(20-26-11-5-4-6-12-26)38(22-27-13-8-7-10-25(27)3)33(40)23-39(30-15-9-14-29(36)21-30)44(42,43)31-18-16-28(35)17-19-31/h4-19,21,24,32H,20,22-23H2,1-3H3,(H,37,41). The van der Waals surface area contributed by atoms with Gasteiger partial charge in [-0.05, 0) is 79.9 Å². The van der Waals surface area contributed by atoms with E-state index in [0.717, 1.165) is 21.0 Å². The zero-order valence-electron chi connectivity index (χ0n) is 24.8. The minimum Gasteiger partial charge on any atom is -0.352 e. The third-order valence-electron chi connectivity index (χ3n) is 7.08. The van der Waals surface area contributed by atoms with Crippen molar-refractivity contribution in [1.29, 1.82) is 0 Å². The van der Waals surface area contributed by atoms with Crippen LogP contribution in [-0.4, -0.2) is 43.8 Å². The third kappa shape index (κ3) is 8.40. The molecule has 1 unspecified atom stereocenters. The predicted molar refractivity (Wildman–Crippen MR) is 176 cm³/mol. The number of hydrogen-bond acceptors (Lipinski definition) is 4. The number of carbonyl (C=O) groups excluding carboxylic acids is 2. The monoisotopic (exact) mass is 651 g/mol. The maximum Gasteiger partial charge on any atom is 0.264 e. The lowest BCUT2D eigenvalue weighted by molar-refractivity contribution is -0.140. The lowest BCUT2D eigenvalue weighted by Gasteiger charge is -2.34. The van der Waals surface area contributed by atoms with Crippen LogP contribution in [0.5, 0.6) is 0 Å². The van der Waals surface area contributed by atoms with E-state index in [0.29, 0.717) is 10.0 Å². The van der Waals surface area contributed by atoms with Gasteiger partial charge in [0.15, 0.2) is 0 Å². The van der Waals surface area contributed by atoms with Crippen molar-refractivity contribution in [2.45, 2.75) is 50.7 Å². The Morgan fingerprint density at radius 3 is 2.11 bits per heavy atom. The van der Waals surface area contributed by atoms with Gasteiger partial charge in [-0.3, -0.25) is 13.9 Å². The number of carbonyl (C=O) groups is 2. The van der Waals surface area contributed by atoms with E-state index in [2.05, 4.69) is 5.32 Å². The average molecular weight is 653 g/mol. The maximum atomic E-state index is 14.5. The Hall–Kier alpha value is -3.85. The Labute approximate surface area is 269 Å². The molecule has 4 aromatic rings. The molecule has 0 aliphatic carbocycles. The summed E-state index contributed by atoms with van der Waals surface area (Å²) in [5, 5.41) is 3.64. The molecule has 0 bridgehead atoms. The SMILES string of the molecule is Cc1ccccc1CN(C(=O)CN(c1cccc(Cl)c1)S(=O)(=O)c1ccc(Cl)cc1)C(Cc1ccccc1)C(=O)NC(C)C. The number of hydrogen-bond donors (Lipinski definition) is 1. The molecule has 1 atom stereocenters. The quantitative estimate of drug-likeness (QED) is 0.186. The summed E-state index contributed by atoms with van der Waals surface area (Å²) in [4.78, 5) is 29.7. The number of rotatable bonds is 12. The van der Waals surface area contributed by atoms with Crippen LogP contribution in [-0.2, 0) is 32.6 Å². The van der Waals surface area contributed by atoms with Crippen LogP contribution in [0.15, 0.2) is 108 Å². The van der Waals surface area contributed by atoms with Gasteiger partial charge in [0.1, 0.15) is 12.6 Å². The lowest BCUT2D eigenvalue weighted by atomic mass is 10.0. The summed E-state index contributed by atoms with van der Waals surface area (Å²) < 4.78 is 29.1. The third-order valence-corrected chi connectivity index (χ3v) is 9.36. The number of amides is 2. The normalized spacial score (nSPS) is 12.0. The van der Waals surface area contributed by atoms with Crippen molar-refractivity contribution in [2.24, 2.45) is 0 Å². The van der Waals surface area contributed by atoms with E-state index in [1.54, 1.807) is 18.2 Å². The number of nitrogens with one attached hydrogen (secondary N) is 1. The van der Waals surface area contributed by atoms with Crippen LogP contribution in [0, 0.1) is 6.92 Å². The van der Waals surface area contributed by atoms with E-state index in [1.165, 1.54) is 35.2 Å². The number of sulfonamides is 1. The zero-order valence-corrected chi connectivity index (χ0v) is 27.1. The predicted octanol–water partition coefficient (Wildman–Crippen LogP) is 6.66. The number of aryl methyl sites for hydroxylation is 1. The number of benzene rings is 4. The summed E-state index contributed by atoms with van der Waals surface area (Å²) in [6.07, 6.45) is 0.234. The summed E-state index contributed by atoms with van der Waals surface area (Å²) in [6.45, 7) is 5.16. The molecule has 0 aliphatic rings. The molecule has 0 heterocycles. The highest BCUT2D eigenvalue weighted by atomic mass is 35.5. The van der Waals surface area contributed by atoms with Crippen molar-refractivity contribution in [3.8, 4) is 0 Å². The Morgan fingerprint density at radius 1 is 0.818 bits per heavy atom. The second kappa shape index (κ2) is 14.8. The van der Waals surface area contributed by atoms with Crippen molar-refractivity contribution in [3.63, 3.8) is 0 Å². The van der Waals surface area contributed by atoms with Crippen molar-refractivity contribution in [1.82, 2.24) is 10.2 Å². The molecule has 44 heavy (non-hydrogen) atoms. The fourth-order valence-corrected chi connectivity index (χ4v) is 6.52. The Bertz CT molecular complexity index is 1700. The van der Waals surface area contributed by atoms with E-state index >= 15 is 0 Å². The van der Waals surface area contributed by atoms with Gasteiger partial charge < -0.3 is 10.2 Å². The maximum absolute atomic E-state index is 14.5. The van der Waals surface area contributed by atoms with Crippen molar-refractivity contribution in [3.05, 3.63) is 130 Å². The van der Waals surface area contributed by atoms with Gasteiger partial charge >= 0.3 is 0 Å². The van der Waals surface area contributed by atoms with Gasteiger partial charge in [-0.2, -0.15) is 0 Å². The van der Waals surface area contributed by atoms with Gasteiger partial charge in [0.05, 0.1) is 10.6 Å². The van der Waals surface area contributed by atoms with Gasteiger partial charge in [0, 0.05) is 29.1 Å². The second-order valence-corrected chi connectivity index (χ2v) is 13.5. The number of anilines is 1. The molecule has 0 saturated heterocycles. The van der Waals surface area contributed by atoms with Crippen LogP contribution < -0.4 is 9.62 Å². The summed E-state index contributed by atoms with van der Waals surface area (Å²) in [5.41, 5.74) is 2.85. The molecule has 1 N–H and O–H groups in total. The molecule has 2 amide bonds. The van der Waals surface area contributed by atoms with E-state index < -0.39 is 28.5 Å². The molecular formula is C34H35Cl2N3O4S. The first-order valence-electron chi connectivity index (χ1n) is 14.2. The molecule has 0 spiro atoms. The van der Waals surface area contributed by atoms with E-state index in [4.69, 9.17) is 23.2 Å². The van der Waals surface area contributed by atoms with Gasteiger partial charge in [0.25, 0.3) is 10.0 Å². The highest BCUT2D eigenvalue weighted by Gasteiger charge is 2.35. The number of nitrogens with zero attached hydrogens (tertiary/aromatic N) is 2. The summed E-state index contributed by atoms with van der Waals surface area (Å²) in [6, 6.07) is 28.0. The van der Waals surface area contributed by atoms with Gasteiger partial charge in [-0.1, -0.05) is 83.9 Å². The molecule has 4 aromatic carbocycles. The molecule has 7 nitrogen and oxygen atoms in total. The van der Waals surface area contributed by atoms with Crippen LogP contribution in [0.2, 0.25) is 10.0 Å². The summed E-state index contributed by atoms with van der Waals surface area (Å²) >= 11 is 12.3. The van der Waals surface area contributed by atoms with Crippen LogP contribution in [0.3, 0.4) is 0 Å². The molecule has 0 radical (unpaired) electrons. The van der Waals surface area contributed by atoms with Crippen molar-refractivity contribution < 1.29 is 18.0 Å². The van der Waals surface area contributed by atoms with Gasteiger partial charge in [-0.15, -0.1) is 0 Å². The molecule has 0 saturated carbocycles. The first-order valence-corrected chi connectivity index (χ1v) is 16.4. The van der Waals surface area contributed by atoms with E-state index in [9.17, 15) is 18.0 Å². The average Bonchev–Trinajstić information content (AvgIpc) is 2.98. The molecule has 230 valence electrons. The largest absolute Gasteiger partial charge is 0.352 e.